The van der Waals surface area contributed by atoms with E-state index in [-0.39, 0.29) is 5.91 Å². The zero-order valence-corrected chi connectivity index (χ0v) is 13.5. The quantitative estimate of drug-likeness (QED) is 0.623. The van der Waals surface area contributed by atoms with Crippen molar-refractivity contribution in [2.45, 2.75) is 0 Å². The van der Waals surface area contributed by atoms with Gasteiger partial charge < -0.3 is 9.73 Å². The van der Waals surface area contributed by atoms with Gasteiger partial charge in [-0.2, -0.15) is 0 Å². The van der Waals surface area contributed by atoms with Crippen molar-refractivity contribution >= 4 is 63.5 Å². The highest BCUT2D eigenvalue weighted by Crippen LogP contribution is 2.33. The Bertz CT molecular complexity index is 783. The third-order valence-corrected chi connectivity index (χ3v) is 4.46. The lowest BCUT2D eigenvalue weighted by Gasteiger charge is -2.01. The average molecular weight is 356 g/mol. The smallest absolute Gasteiger partial charge is 0.263 e. The van der Waals surface area contributed by atoms with Crippen LogP contribution in [0.4, 0.5) is 0 Å². The van der Waals surface area contributed by atoms with Gasteiger partial charge in [0.05, 0.1) is 9.93 Å². The molecule has 1 aliphatic rings. The van der Waals surface area contributed by atoms with Gasteiger partial charge >= 0.3 is 0 Å². The fourth-order valence-corrected chi connectivity index (χ4v) is 3.22. The van der Waals surface area contributed by atoms with Gasteiger partial charge in [0.2, 0.25) is 0 Å². The number of carbonyl (C=O) groups is 1. The molecule has 1 aromatic heterocycles. The summed E-state index contributed by atoms with van der Waals surface area (Å²) in [6, 6.07) is 8.68. The molecular weight excluding hydrogens is 349 g/mol. The number of thioether (sulfide) groups is 1. The second-order valence-corrected chi connectivity index (χ2v) is 6.74. The van der Waals surface area contributed by atoms with Crippen LogP contribution in [0.5, 0.6) is 0 Å². The standard InChI is InChI=1S/C14H7Cl2NO2S2/c15-7-1-3-10(16)9(5-7)11-4-2-8(19-11)6-12-13(18)17-14(20)21-12/h1-6H,(H,17,18,20)/b12-6+. The molecule has 1 aromatic carbocycles. The average Bonchev–Trinajstić information content (AvgIpc) is 3.00. The Labute approximate surface area is 140 Å². The van der Waals surface area contributed by atoms with E-state index in [0.29, 0.717) is 36.4 Å². The Hall–Kier alpha value is -1.27. The van der Waals surface area contributed by atoms with Crippen LogP contribution >= 0.6 is 47.2 Å². The first-order valence-corrected chi connectivity index (χ1v) is 7.81. The Morgan fingerprint density at radius 1 is 1.24 bits per heavy atom. The van der Waals surface area contributed by atoms with Crippen molar-refractivity contribution in [3.05, 3.63) is 51.0 Å². The Morgan fingerprint density at radius 3 is 2.76 bits per heavy atom. The summed E-state index contributed by atoms with van der Waals surface area (Å²) in [4.78, 5) is 12.1. The number of nitrogens with one attached hydrogen (secondary N) is 1. The molecule has 21 heavy (non-hydrogen) atoms. The van der Waals surface area contributed by atoms with Gasteiger partial charge in [-0.3, -0.25) is 4.79 Å². The van der Waals surface area contributed by atoms with Crippen LogP contribution in [-0.2, 0) is 4.79 Å². The number of hydrogen-bond acceptors (Lipinski definition) is 4. The van der Waals surface area contributed by atoms with Crippen LogP contribution in [0.1, 0.15) is 5.76 Å². The molecule has 1 aliphatic heterocycles. The summed E-state index contributed by atoms with van der Waals surface area (Å²) in [5, 5.41) is 3.66. The van der Waals surface area contributed by atoms with Crippen molar-refractivity contribution in [2.75, 3.05) is 0 Å². The monoisotopic (exact) mass is 355 g/mol. The molecule has 106 valence electrons. The lowest BCUT2D eigenvalue weighted by atomic mass is 10.2. The number of rotatable bonds is 2. The number of hydrogen-bond donors (Lipinski definition) is 1. The van der Waals surface area contributed by atoms with Crippen molar-refractivity contribution in [3.8, 4) is 11.3 Å². The zero-order chi connectivity index (χ0) is 15.0. The molecule has 1 amide bonds. The summed E-state index contributed by atoms with van der Waals surface area (Å²) in [6.45, 7) is 0. The van der Waals surface area contributed by atoms with Crippen LogP contribution in [0.2, 0.25) is 10.0 Å². The van der Waals surface area contributed by atoms with Crippen LogP contribution in [0, 0.1) is 0 Å². The Kier molecular flexibility index (Phi) is 4.08. The molecule has 1 fully saturated rings. The van der Waals surface area contributed by atoms with E-state index in [1.165, 1.54) is 11.8 Å². The maximum atomic E-state index is 11.6. The maximum absolute atomic E-state index is 11.6. The molecule has 1 N–H and O–H groups in total. The largest absolute Gasteiger partial charge is 0.457 e. The third kappa shape index (κ3) is 3.16. The molecule has 0 atom stereocenters. The van der Waals surface area contributed by atoms with Gasteiger partial charge in [-0.1, -0.05) is 47.2 Å². The Balaban J connectivity index is 1.94. The molecule has 2 heterocycles. The van der Waals surface area contributed by atoms with Crippen molar-refractivity contribution in [1.29, 1.82) is 0 Å². The molecule has 0 radical (unpaired) electrons. The van der Waals surface area contributed by atoms with Crippen LogP contribution in [0.3, 0.4) is 0 Å². The summed E-state index contributed by atoms with van der Waals surface area (Å²) in [6.07, 6.45) is 1.64. The van der Waals surface area contributed by atoms with E-state index in [4.69, 9.17) is 39.8 Å². The highest BCUT2D eigenvalue weighted by Gasteiger charge is 2.22. The number of furan rings is 1. The lowest BCUT2D eigenvalue weighted by molar-refractivity contribution is -0.115. The Morgan fingerprint density at radius 2 is 2.05 bits per heavy atom. The van der Waals surface area contributed by atoms with Gasteiger partial charge in [0.1, 0.15) is 15.8 Å². The number of halogens is 2. The summed E-state index contributed by atoms with van der Waals surface area (Å²) in [5.74, 6) is 0.910. The molecule has 0 saturated carbocycles. The molecule has 1 saturated heterocycles. The number of carbonyl (C=O) groups excluding carboxylic acids is 1. The summed E-state index contributed by atoms with van der Waals surface area (Å²) >= 11 is 18.2. The fourth-order valence-electron chi connectivity index (χ4n) is 1.81. The maximum Gasteiger partial charge on any atom is 0.263 e. The van der Waals surface area contributed by atoms with E-state index in [1.807, 2.05) is 0 Å². The van der Waals surface area contributed by atoms with E-state index in [1.54, 1.807) is 36.4 Å². The highest BCUT2D eigenvalue weighted by atomic mass is 35.5. The van der Waals surface area contributed by atoms with Gasteiger partial charge in [-0.05, 0) is 30.3 Å². The topological polar surface area (TPSA) is 42.2 Å². The second-order valence-electron chi connectivity index (χ2n) is 4.18. The fraction of sp³-hybridized carbons (Fsp3) is 0. The summed E-state index contributed by atoms with van der Waals surface area (Å²) in [5.41, 5.74) is 0.702. The molecule has 0 spiro atoms. The lowest BCUT2D eigenvalue weighted by Crippen LogP contribution is -2.17. The number of benzene rings is 1. The number of thiocarbonyl (C=S) groups is 1. The predicted molar refractivity (Wildman–Crippen MR) is 90.5 cm³/mol. The molecule has 3 nitrogen and oxygen atoms in total. The minimum atomic E-state index is -0.219. The molecule has 0 aliphatic carbocycles. The van der Waals surface area contributed by atoms with E-state index in [0.717, 1.165) is 0 Å². The van der Waals surface area contributed by atoms with Crippen LogP contribution in [0.25, 0.3) is 17.4 Å². The van der Waals surface area contributed by atoms with Crippen molar-refractivity contribution in [1.82, 2.24) is 5.32 Å². The first kappa shape index (κ1) is 14.7. The van der Waals surface area contributed by atoms with E-state index in [9.17, 15) is 4.79 Å². The minimum Gasteiger partial charge on any atom is -0.457 e. The predicted octanol–water partition coefficient (Wildman–Crippen LogP) is 4.74. The second kappa shape index (κ2) is 5.85. The minimum absolute atomic E-state index is 0.219. The van der Waals surface area contributed by atoms with Crippen LogP contribution in [0.15, 0.2) is 39.7 Å². The van der Waals surface area contributed by atoms with Gasteiger partial charge in [0.15, 0.2) is 0 Å². The van der Waals surface area contributed by atoms with Crippen LogP contribution < -0.4 is 5.32 Å². The van der Waals surface area contributed by atoms with E-state index >= 15 is 0 Å². The van der Waals surface area contributed by atoms with E-state index in [2.05, 4.69) is 5.32 Å². The highest BCUT2D eigenvalue weighted by molar-refractivity contribution is 8.26. The van der Waals surface area contributed by atoms with Gasteiger partial charge in [-0.25, -0.2) is 0 Å². The first-order chi connectivity index (χ1) is 10.0. The first-order valence-electron chi connectivity index (χ1n) is 5.83. The molecule has 0 unspecified atom stereocenters. The van der Waals surface area contributed by atoms with Gasteiger partial charge in [0.25, 0.3) is 5.91 Å². The molecular formula is C14H7Cl2NO2S2. The van der Waals surface area contributed by atoms with Crippen molar-refractivity contribution in [2.24, 2.45) is 0 Å². The van der Waals surface area contributed by atoms with Crippen LogP contribution in [-0.4, -0.2) is 10.2 Å². The van der Waals surface area contributed by atoms with Gasteiger partial charge in [-0.15, -0.1) is 0 Å². The summed E-state index contributed by atoms with van der Waals surface area (Å²) < 4.78 is 6.14. The van der Waals surface area contributed by atoms with Crippen molar-refractivity contribution < 1.29 is 9.21 Å². The number of amides is 1. The normalized spacial score (nSPS) is 16.6. The molecule has 2 aromatic rings. The van der Waals surface area contributed by atoms with Crippen molar-refractivity contribution in [3.63, 3.8) is 0 Å². The third-order valence-electron chi connectivity index (χ3n) is 2.74. The van der Waals surface area contributed by atoms with Gasteiger partial charge in [0, 0.05) is 16.7 Å². The summed E-state index contributed by atoms with van der Waals surface area (Å²) in [7, 11) is 0. The SMILES string of the molecule is O=C1NC(=S)S/C1=C/c1ccc(-c2cc(Cl)ccc2Cl)o1. The molecule has 3 rings (SSSR count). The molecule has 0 bridgehead atoms. The van der Waals surface area contributed by atoms with E-state index < -0.39 is 0 Å². The zero-order valence-electron chi connectivity index (χ0n) is 10.4. The molecule has 7 heteroatoms.